The average molecular weight is 548 g/mol. The zero-order valence-corrected chi connectivity index (χ0v) is 22.7. The molecule has 188 valence electrons. The highest BCUT2D eigenvalue weighted by molar-refractivity contribution is 8.00. The molecule has 0 fully saturated rings. The maximum Gasteiger partial charge on any atom is 0.341 e. The van der Waals surface area contributed by atoms with Gasteiger partial charge in [-0.05, 0) is 55.0 Å². The van der Waals surface area contributed by atoms with Gasteiger partial charge in [0.15, 0.2) is 5.11 Å². The molecule has 6 nitrogen and oxygen atoms in total. The van der Waals surface area contributed by atoms with Gasteiger partial charge in [0.05, 0.1) is 12.9 Å². The molecule has 0 spiro atoms. The molecule has 3 N–H and O–H groups in total. The largest absolute Gasteiger partial charge is 0.465 e. The molecule has 0 atom stereocenters. The Kier molecular flexibility index (Phi) is 8.95. The minimum Gasteiger partial charge on any atom is -0.465 e. The summed E-state index contributed by atoms with van der Waals surface area (Å²) in [7, 11) is 1.34. The predicted octanol–water partition coefficient (Wildman–Crippen LogP) is 7.05. The number of thioether (sulfide) groups is 1. The van der Waals surface area contributed by atoms with Crippen LogP contribution in [0.3, 0.4) is 0 Å². The SMILES string of the molecule is COC(=O)c1c(-c2ccc(C)cc2)csc1NC(=O)CSc1cccc(NC(=S)Nc2ccccc2)c1. The Morgan fingerprint density at radius 2 is 1.62 bits per heavy atom. The number of rotatable bonds is 8. The Bertz CT molecular complexity index is 1400. The number of benzene rings is 3. The zero-order valence-electron chi connectivity index (χ0n) is 20.2. The van der Waals surface area contributed by atoms with Crippen LogP contribution in [0.5, 0.6) is 0 Å². The molecule has 4 aromatic rings. The van der Waals surface area contributed by atoms with Crippen LogP contribution in [-0.4, -0.2) is 29.9 Å². The van der Waals surface area contributed by atoms with Gasteiger partial charge in [0.1, 0.15) is 10.6 Å². The van der Waals surface area contributed by atoms with E-state index >= 15 is 0 Å². The van der Waals surface area contributed by atoms with Crippen LogP contribution in [0.1, 0.15) is 15.9 Å². The van der Waals surface area contributed by atoms with E-state index in [0.29, 0.717) is 15.7 Å². The van der Waals surface area contributed by atoms with Crippen molar-refractivity contribution in [3.05, 3.63) is 95.4 Å². The van der Waals surface area contributed by atoms with E-state index in [9.17, 15) is 9.59 Å². The smallest absolute Gasteiger partial charge is 0.341 e. The van der Waals surface area contributed by atoms with Crippen LogP contribution in [0.25, 0.3) is 11.1 Å². The van der Waals surface area contributed by atoms with Crippen LogP contribution in [0.15, 0.2) is 89.1 Å². The Balaban J connectivity index is 1.38. The predicted molar refractivity (Wildman–Crippen MR) is 158 cm³/mol. The number of thiocarbonyl (C=S) groups is 1. The van der Waals surface area contributed by atoms with Crippen molar-refractivity contribution in [2.45, 2.75) is 11.8 Å². The number of carbonyl (C=O) groups excluding carboxylic acids is 2. The molecule has 0 saturated carbocycles. The molecule has 4 rings (SSSR count). The zero-order chi connectivity index (χ0) is 26.2. The number of ether oxygens (including phenoxy) is 1. The lowest BCUT2D eigenvalue weighted by Gasteiger charge is -2.11. The molecule has 0 saturated heterocycles. The number of anilines is 3. The van der Waals surface area contributed by atoms with Crippen LogP contribution in [0.4, 0.5) is 16.4 Å². The van der Waals surface area contributed by atoms with Crippen LogP contribution >= 0.6 is 35.3 Å². The van der Waals surface area contributed by atoms with Gasteiger partial charge in [-0.1, -0.05) is 54.1 Å². The van der Waals surface area contributed by atoms with E-state index in [1.807, 2.05) is 91.2 Å². The molecule has 9 heteroatoms. The highest BCUT2D eigenvalue weighted by Crippen LogP contribution is 2.36. The molecular formula is C28H25N3O3S3. The molecule has 37 heavy (non-hydrogen) atoms. The monoisotopic (exact) mass is 547 g/mol. The van der Waals surface area contributed by atoms with Crippen LogP contribution in [-0.2, 0) is 9.53 Å². The summed E-state index contributed by atoms with van der Waals surface area (Å²) >= 11 is 8.09. The maximum atomic E-state index is 12.8. The molecular weight excluding hydrogens is 523 g/mol. The number of esters is 1. The van der Waals surface area contributed by atoms with Crippen molar-refractivity contribution in [3.63, 3.8) is 0 Å². The van der Waals surface area contributed by atoms with Crippen molar-refractivity contribution >= 4 is 68.7 Å². The summed E-state index contributed by atoms with van der Waals surface area (Å²) in [4.78, 5) is 26.2. The van der Waals surface area contributed by atoms with E-state index in [0.717, 1.165) is 33.0 Å². The van der Waals surface area contributed by atoms with E-state index in [2.05, 4.69) is 16.0 Å². The number of thiophene rings is 1. The number of methoxy groups -OCH3 is 1. The normalized spacial score (nSPS) is 10.4. The molecule has 0 aliphatic carbocycles. The quantitative estimate of drug-likeness (QED) is 0.124. The molecule has 0 unspecified atom stereocenters. The van der Waals surface area contributed by atoms with E-state index in [1.54, 1.807) is 0 Å². The van der Waals surface area contributed by atoms with Crippen molar-refractivity contribution in [2.24, 2.45) is 0 Å². The van der Waals surface area contributed by atoms with Crippen LogP contribution in [0, 0.1) is 6.92 Å². The van der Waals surface area contributed by atoms with E-state index < -0.39 is 5.97 Å². The molecule has 1 aromatic heterocycles. The van der Waals surface area contributed by atoms with E-state index in [4.69, 9.17) is 17.0 Å². The van der Waals surface area contributed by atoms with Gasteiger partial charge in [-0.3, -0.25) is 4.79 Å². The fraction of sp³-hybridized carbons (Fsp3) is 0.107. The first-order valence-electron chi connectivity index (χ1n) is 11.4. The number of amides is 1. The standard InChI is InChI=1S/C28H25N3O3S3/c1-18-11-13-19(14-12-18)23-16-37-26(25(23)27(33)34-2)31-24(32)17-36-22-10-6-9-21(15-22)30-28(35)29-20-7-4-3-5-8-20/h3-16H,17H2,1-2H3,(H,31,32)(H2,29,30,35). The maximum absolute atomic E-state index is 12.8. The number of carbonyl (C=O) groups is 2. The first-order valence-corrected chi connectivity index (χ1v) is 13.6. The molecule has 1 amide bonds. The molecule has 1 heterocycles. The number of hydrogen-bond donors (Lipinski definition) is 3. The van der Waals surface area contributed by atoms with Gasteiger partial charge < -0.3 is 20.7 Å². The van der Waals surface area contributed by atoms with Crippen LogP contribution < -0.4 is 16.0 Å². The van der Waals surface area contributed by atoms with Crippen molar-refractivity contribution in [1.29, 1.82) is 0 Å². The van der Waals surface area contributed by atoms with Gasteiger partial charge in [-0.15, -0.1) is 23.1 Å². The van der Waals surface area contributed by atoms with Gasteiger partial charge in [-0.2, -0.15) is 0 Å². The fourth-order valence-electron chi connectivity index (χ4n) is 3.49. The first-order chi connectivity index (χ1) is 17.9. The molecule has 0 aliphatic rings. The van der Waals surface area contributed by atoms with E-state index in [1.165, 1.54) is 30.2 Å². The summed E-state index contributed by atoms with van der Waals surface area (Å²) in [6.07, 6.45) is 0. The van der Waals surface area contributed by atoms with Crippen LogP contribution in [0.2, 0.25) is 0 Å². The molecule has 0 radical (unpaired) electrons. The van der Waals surface area contributed by atoms with Crippen molar-refractivity contribution in [2.75, 3.05) is 28.8 Å². The number of aryl methyl sites for hydroxylation is 1. The molecule has 0 aliphatic heterocycles. The Labute approximate surface area is 229 Å². The summed E-state index contributed by atoms with van der Waals surface area (Å²) in [6, 6.07) is 25.2. The molecule has 0 bridgehead atoms. The third-order valence-electron chi connectivity index (χ3n) is 5.29. The van der Waals surface area contributed by atoms with E-state index in [-0.39, 0.29) is 11.7 Å². The summed E-state index contributed by atoms with van der Waals surface area (Å²) < 4.78 is 5.00. The molecule has 3 aromatic carbocycles. The van der Waals surface area contributed by atoms with Crippen molar-refractivity contribution in [3.8, 4) is 11.1 Å². The second-order valence-corrected chi connectivity index (χ2v) is 10.4. The Morgan fingerprint density at radius 1 is 0.919 bits per heavy atom. The van der Waals surface area contributed by atoms with Gasteiger partial charge in [0.25, 0.3) is 0 Å². The van der Waals surface area contributed by atoms with Gasteiger partial charge >= 0.3 is 5.97 Å². The first kappa shape index (κ1) is 26.4. The Hall–Kier alpha value is -3.66. The summed E-state index contributed by atoms with van der Waals surface area (Å²) in [5.41, 5.74) is 4.82. The second-order valence-electron chi connectivity index (χ2n) is 8.02. The highest BCUT2D eigenvalue weighted by Gasteiger charge is 2.22. The second kappa shape index (κ2) is 12.5. The number of hydrogen-bond acceptors (Lipinski definition) is 6. The lowest BCUT2D eigenvalue weighted by Crippen LogP contribution is -2.19. The van der Waals surface area contributed by atoms with Crippen molar-refractivity contribution in [1.82, 2.24) is 0 Å². The minimum atomic E-state index is -0.487. The van der Waals surface area contributed by atoms with Gasteiger partial charge in [0.2, 0.25) is 5.91 Å². The number of para-hydroxylation sites is 1. The summed E-state index contributed by atoms with van der Waals surface area (Å²) in [6.45, 7) is 2.00. The Morgan fingerprint density at radius 3 is 2.35 bits per heavy atom. The average Bonchev–Trinajstić information content (AvgIpc) is 3.31. The van der Waals surface area contributed by atoms with Gasteiger partial charge in [-0.25, -0.2) is 4.79 Å². The topological polar surface area (TPSA) is 79.5 Å². The lowest BCUT2D eigenvalue weighted by molar-refractivity contribution is -0.113. The summed E-state index contributed by atoms with van der Waals surface area (Å²) in [5, 5.41) is 12.0. The third kappa shape index (κ3) is 7.19. The summed E-state index contributed by atoms with van der Waals surface area (Å²) in [5.74, 6) is -0.528. The van der Waals surface area contributed by atoms with Gasteiger partial charge in [0, 0.05) is 27.2 Å². The number of nitrogens with one attached hydrogen (secondary N) is 3. The van der Waals surface area contributed by atoms with Crippen molar-refractivity contribution < 1.29 is 14.3 Å². The third-order valence-corrected chi connectivity index (χ3v) is 7.38. The fourth-order valence-corrected chi connectivity index (χ4v) is 5.45. The highest BCUT2D eigenvalue weighted by atomic mass is 32.2. The minimum absolute atomic E-state index is 0.175. The lowest BCUT2D eigenvalue weighted by atomic mass is 10.0.